The second-order valence-corrected chi connectivity index (χ2v) is 8.88. The van der Waals surface area contributed by atoms with Gasteiger partial charge >= 0.3 is 0 Å². The zero-order chi connectivity index (χ0) is 22.8. The van der Waals surface area contributed by atoms with Crippen LogP contribution < -0.4 is 15.4 Å². The van der Waals surface area contributed by atoms with Gasteiger partial charge in [-0.3, -0.25) is 24.6 Å². The molecule has 2 saturated heterocycles. The number of hydrogen-bond acceptors (Lipinski definition) is 6. The number of likely N-dealkylation sites (tertiary alicyclic amines) is 1. The number of carbonyl (C=O) groups is 3. The quantitative estimate of drug-likeness (QED) is 0.605. The van der Waals surface area contributed by atoms with Crippen LogP contribution in [0, 0.1) is 11.8 Å². The van der Waals surface area contributed by atoms with Crippen LogP contribution in [0.3, 0.4) is 0 Å². The molecule has 0 aromatic heterocycles. The van der Waals surface area contributed by atoms with E-state index in [0.29, 0.717) is 27.6 Å². The second kappa shape index (κ2) is 7.30. The number of carbonyl (C=O) groups excluding carboxylic acids is 3. The summed E-state index contributed by atoms with van der Waals surface area (Å²) in [4.78, 5) is 41.7. The van der Waals surface area contributed by atoms with Gasteiger partial charge in [0.25, 0.3) is 0 Å². The molecule has 3 amide bonds. The molecule has 3 aliphatic heterocycles. The number of nitrogens with zero attached hydrogens (tertiary/aromatic N) is 1. The number of para-hydroxylation sites is 1. The van der Waals surface area contributed by atoms with Crippen molar-refractivity contribution in [1.29, 1.82) is 0 Å². The Bertz CT molecular complexity index is 1150. The highest BCUT2D eigenvalue weighted by molar-refractivity contribution is 6.31. The number of nitrogens with one attached hydrogen (secondary N) is 2. The van der Waals surface area contributed by atoms with Crippen molar-refractivity contribution >= 4 is 35.0 Å². The number of anilines is 1. The molecule has 0 aliphatic carbocycles. The number of hydrogen-bond donors (Lipinski definition) is 3. The molecule has 5 rings (SSSR count). The monoisotopic (exact) mass is 455 g/mol. The highest BCUT2D eigenvalue weighted by Crippen LogP contribution is 2.54. The average molecular weight is 456 g/mol. The number of rotatable bonds is 4. The third-order valence-electron chi connectivity index (χ3n) is 6.74. The lowest BCUT2D eigenvalue weighted by atomic mass is 9.76. The number of amides is 3. The van der Waals surface area contributed by atoms with E-state index >= 15 is 0 Å². The molecule has 5 atom stereocenters. The van der Waals surface area contributed by atoms with Gasteiger partial charge in [-0.25, -0.2) is 0 Å². The van der Waals surface area contributed by atoms with Gasteiger partial charge in [0.1, 0.15) is 11.3 Å². The molecule has 3 aliphatic rings. The van der Waals surface area contributed by atoms with Gasteiger partial charge in [0.05, 0.1) is 31.6 Å². The second-order valence-electron chi connectivity index (χ2n) is 8.44. The summed E-state index contributed by atoms with van der Waals surface area (Å²) < 4.78 is 5.37. The normalized spacial score (nSPS) is 29.3. The van der Waals surface area contributed by atoms with Gasteiger partial charge in [0.15, 0.2) is 0 Å². The fourth-order valence-electron chi connectivity index (χ4n) is 5.34. The molecule has 0 unspecified atom stereocenters. The van der Waals surface area contributed by atoms with Gasteiger partial charge in [-0.15, -0.1) is 0 Å². The van der Waals surface area contributed by atoms with Crippen LogP contribution in [0.5, 0.6) is 5.75 Å². The maximum Gasteiger partial charge on any atom is 0.250 e. The van der Waals surface area contributed by atoms with Crippen molar-refractivity contribution in [1.82, 2.24) is 10.2 Å². The Morgan fingerprint density at radius 3 is 2.66 bits per heavy atom. The largest absolute Gasteiger partial charge is 0.496 e. The van der Waals surface area contributed by atoms with Gasteiger partial charge in [-0.05, 0) is 31.2 Å². The highest BCUT2D eigenvalue weighted by Gasteiger charge is 2.71. The fraction of sp³-hybridized carbons (Fsp3) is 0.348. The Morgan fingerprint density at radius 2 is 1.94 bits per heavy atom. The molecular formula is C23H22ClN3O5. The van der Waals surface area contributed by atoms with Crippen LogP contribution in [-0.4, -0.2) is 47.0 Å². The van der Waals surface area contributed by atoms with Crippen molar-refractivity contribution in [3.8, 4) is 5.75 Å². The number of imide groups is 1. The van der Waals surface area contributed by atoms with Crippen molar-refractivity contribution in [2.45, 2.75) is 31.2 Å². The molecule has 32 heavy (non-hydrogen) atoms. The smallest absolute Gasteiger partial charge is 0.250 e. The van der Waals surface area contributed by atoms with Crippen LogP contribution >= 0.6 is 11.6 Å². The van der Waals surface area contributed by atoms with E-state index in [9.17, 15) is 19.5 Å². The summed E-state index contributed by atoms with van der Waals surface area (Å²) in [5.74, 6) is -2.68. The number of aliphatic hydroxyl groups is 1. The van der Waals surface area contributed by atoms with Gasteiger partial charge in [0, 0.05) is 27.9 Å². The van der Waals surface area contributed by atoms with Crippen molar-refractivity contribution in [2.75, 3.05) is 12.4 Å². The van der Waals surface area contributed by atoms with Crippen molar-refractivity contribution in [2.24, 2.45) is 11.8 Å². The lowest BCUT2D eigenvalue weighted by Gasteiger charge is -2.30. The van der Waals surface area contributed by atoms with Crippen molar-refractivity contribution in [3.05, 3.63) is 58.6 Å². The first-order valence-electron chi connectivity index (χ1n) is 10.3. The Morgan fingerprint density at radius 1 is 1.19 bits per heavy atom. The topological polar surface area (TPSA) is 108 Å². The van der Waals surface area contributed by atoms with E-state index in [2.05, 4.69) is 10.6 Å². The minimum absolute atomic E-state index is 0.0152. The molecule has 1 spiro atoms. The number of methoxy groups -OCH3 is 1. The molecule has 0 radical (unpaired) electrons. The van der Waals surface area contributed by atoms with E-state index in [4.69, 9.17) is 16.3 Å². The summed E-state index contributed by atoms with van der Waals surface area (Å²) in [5.41, 5.74) is 0.217. The average Bonchev–Trinajstić information content (AvgIpc) is 3.35. The van der Waals surface area contributed by atoms with Crippen LogP contribution in [-0.2, 0) is 26.5 Å². The third kappa shape index (κ3) is 2.73. The Hall–Kier alpha value is -2.94. The van der Waals surface area contributed by atoms with E-state index in [-0.39, 0.29) is 6.54 Å². The maximum atomic E-state index is 13.7. The summed E-state index contributed by atoms with van der Waals surface area (Å²) in [7, 11) is 1.52. The molecule has 2 fully saturated rings. The highest BCUT2D eigenvalue weighted by atomic mass is 35.5. The number of fused-ring (bicyclic) bond motifs is 4. The predicted octanol–water partition coefficient (Wildman–Crippen LogP) is 1.65. The summed E-state index contributed by atoms with van der Waals surface area (Å²) in [6.07, 6.45) is -0.971. The molecule has 0 saturated carbocycles. The predicted molar refractivity (Wildman–Crippen MR) is 116 cm³/mol. The Kier molecular flexibility index (Phi) is 4.77. The molecule has 3 N–H and O–H groups in total. The molecule has 166 valence electrons. The first kappa shape index (κ1) is 20.9. The zero-order valence-corrected chi connectivity index (χ0v) is 18.2. The summed E-state index contributed by atoms with van der Waals surface area (Å²) in [6, 6.07) is 11.3. The SMILES string of the molecule is COc1ccccc1CN1C(=O)[C@@H]2[C@H]([C@@H](C)O)N[C@@]3(C(=O)Nc4ccc(Cl)cc43)[C@@H]2C1=O. The minimum atomic E-state index is -1.49. The van der Waals surface area contributed by atoms with Crippen LogP contribution in [0.15, 0.2) is 42.5 Å². The van der Waals surface area contributed by atoms with Crippen LogP contribution in [0.2, 0.25) is 5.02 Å². The van der Waals surface area contributed by atoms with Gasteiger partial charge in [-0.1, -0.05) is 29.8 Å². The molecule has 2 aromatic carbocycles. The van der Waals surface area contributed by atoms with Crippen LogP contribution in [0.1, 0.15) is 18.1 Å². The van der Waals surface area contributed by atoms with Crippen LogP contribution in [0.4, 0.5) is 5.69 Å². The number of ether oxygens (including phenoxy) is 1. The third-order valence-corrected chi connectivity index (χ3v) is 6.98. The summed E-state index contributed by atoms with van der Waals surface area (Å²) in [5, 5.41) is 16.8. The van der Waals surface area contributed by atoms with Gasteiger partial charge in [0.2, 0.25) is 17.7 Å². The zero-order valence-electron chi connectivity index (χ0n) is 17.5. The Balaban J connectivity index is 1.62. The fourth-order valence-corrected chi connectivity index (χ4v) is 5.51. The lowest BCUT2D eigenvalue weighted by Crippen LogP contribution is -2.54. The molecular weight excluding hydrogens is 434 g/mol. The molecule has 3 heterocycles. The molecule has 0 bridgehead atoms. The van der Waals surface area contributed by atoms with E-state index in [1.165, 1.54) is 12.0 Å². The lowest BCUT2D eigenvalue weighted by molar-refractivity contribution is -0.143. The summed E-state index contributed by atoms with van der Waals surface area (Å²) >= 11 is 6.22. The first-order valence-corrected chi connectivity index (χ1v) is 10.7. The Labute approximate surface area is 189 Å². The standard InChI is InChI=1S/C23H22ClN3O5/c1-11(28)19-17-18(23(26-19)14-9-13(24)7-8-15(14)25-22(23)31)21(30)27(20(17)29)10-12-5-3-4-6-16(12)32-2/h3-9,11,17-19,26,28H,10H2,1-2H3,(H,25,31)/t11-,17+,18+,19+,23-/m1/s1. The number of benzene rings is 2. The number of aliphatic hydroxyl groups excluding tert-OH is 1. The van der Waals surface area contributed by atoms with Gasteiger partial charge in [-0.2, -0.15) is 0 Å². The minimum Gasteiger partial charge on any atom is -0.496 e. The van der Waals surface area contributed by atoms with Crippen molar-refractivity contribution < 1.29 is 24.2 Å². The van der Waals surface area contributed by atoms with Crippen molar-refractivity contribution in [3.63, 3.8) is 0 Å². The van der Waals surface area contributed by atoms with E-state index in [1.54, 1.807) is 49.4 Å². The molecule has 8 nitrogen and oxygen atoms in total. The first-order chi connectivity index (χ1) is 15.3. The maximum absolute atomic E-state index is 13.7. The van der Waals surface area contributed by atoms with E-state index in [0.717, 1.165) is 0 Å². The van der Waals surface area contributed by atoms with E-state index < -0.39 is 47.2 Å². The number of halogens is 1. The van der Waals surface area contributed by atoms with E-state index in [1.807, 2.05) is 0 Å². The molecule has 9 heteroatoms. The molecule has 2 aromatic rings. The summed E-state index contributed by atoms with van der Waals surface area (Å²) in [6.45, 7) is 1.56. The van der Waals surface area contributed by atoms with Gasteiger partial charge < -0.3 is 15.2 Å². The van der Waals surface area contributed by atoms with Crippen LogP contribution in [0.25, 0.3) is 0 Å².